The third-order valence-electron chi connectivity index (χ3n) is 6.34. The fourth-order valence-corrected chi connectivity index (χ4v) is 5.73. The molecule has 1 heterocycles. The number of halogens is 1. The molecule has 0 radical (unpaired) electrons. The maximum absolute atomic E-state index is 13.4. The van der Waals surface area contributed by atoms with Crippen molar-refractivity contribution in [3.8, 4) is 0 Å². The van der Waals surface area contributed by atoms with Gasteiger partial charge in [0, 0.05) is 13.1 Å². The zero-order chi connectivity index (χ0) is 24.1. The SMILES string of the molecule is Cc1ccc(N(CC(=O)N2CCC(Cc3ccccc3)CC2)S(=O)(=O)c2ccc(F)cc2)cc1. The van der Waals surface area contributed by atoms with Crippen molar-refractivity contribution in [2.45, 2.75) is 31.1 Å². The second-order valence-corrected chi connectivity index (χ2v) is 10.7. The predicted octanol–water partition coefficient (Wildman–Crippen LogP) is 4.81. The molecule has 0 aliphatic carbocycles. The fourth-order valence-electron chi connectivity index (χ4n) is 4.32. The minimum atomic E-state index is -4.05. The Labute approximate surface area is 200 Å². The van der Waals surface area contributed by atoms with Crippen molar-refractivity contribution in [2.24, 2.45) is 5.92 Å². The van der Waals surface area contributed by atoms with Crippen LogP contribution >= 0.6 is 0 Å². The van der Waals surface area contributed by atoms with Crippen LogP contribution in [-0.4, -0.2) is 38.9 Å². The Balaban J connectivity index is 1.48. The van der Waals surface area contributed by atoms with Crippen molar-refractivity contribution in [1.82, 2.24) is 4.90 Å². The summed E-state index contributed by atoms with van der Waals surface area (Å²) >= 11 is 0. The summed E-state index contributed by atoms with van der Waals surface area (Å²) in [5.74, 6) is -0.248. The minimum Gasteiger partial charge on any atom is -0.341 e. The molecule has 1 aliphatic rings. The van der Waals surface area contributed by atoms with Crippen molar-refractivity contribution < 1.29 is 17.6 Å². The van der Waals surface area contributed by atoms with Crippen LogP contribution in [-0.2, 0) is 21.2 Å². The van der Waals surface area contributed by atoms with E-state index in [2.05, 4.69) is 12.1 Å². The number of amides is 1. The Hall–Kier alpha value is -3.19. The molecule has 0 atom stereocenters. The Bertz CT molecular complexity index is 1200. The lowest BCUT2D eigenvalue weighted by Crippen LogP contribution is -2.46. The molecule has 0 bridgehead atoms. The number of aryl methyl sites for hydroxylation is 1. The highest BCUT2D eigenvalue weighted by atomic mass is 32.2. The van der Waals surface area contributed by atoms with Crippen molar-refractivity contribution in [1.29, 1.82) is 0 Å². The Morgan fingerprint density at radius 2 is 1.56 bits per heavy atom. The van der Waals surface area contributed by atoms with E-state index in [1.807, 2.05) is 37.3 Å². The van der Waals surface area contributed by atoms with E-state index in [1.54, 1.807) is 17.0 Å². The van der Waals surface area contributed by atoms with Gasteiger partial charge in [0.1, 0.15) is 12.4 Å². The molecule has 1 fully saturated rings. The van der Waals surface area contributed by atoms with Crippen LogP contribution in [0.2, 0.25) is 0 Å². The van der Waals surface area contributed by atoms with E-state index in [4.69, 9.17) is 0 Å². The second-order valence-electron chi connectivity index (χ2n) is 8.82. The lowest BCUT2D eigenvalue weighted by molar-refractivity contribution is -0.130. The topological polar surface area (TPSA) is 57.7 Å². The Morgan fingerprint density at radius 3 is 2.18 bits per heavy atom. The summed E-state index contributed by atoms with van der Waals surface area (Å²) in [5, 5.41) is 0. The van der Waals surface area contributed by atoms with Gasteiger partial charge in [-0.1, -0.05) is 48.0 Å². The van der Waals surface area contributed by atoms with E-state index in [1.165, 1.54) is 17.7 Å². The monoisotopic (exact) mass is 480 g/mol. The normalized spacial score (nSPS) is 14.7. The molecule has 0 aromatic heterocycles. The van der Waals surface area contributed by atoms with Crippen molar-refractivity contribution >= 4 is 21.6 Å². The molecule has 178 valence electrons. The molecule has 0 unspecified atom stereocenters. The number of nitrogens with zero attached hydrogens (tertiary/aromatic N) is 2. The maximum Gasteiger partial charge on any atom is 0.264 e. The van der Waals surface area contributed by atoms with Gasteiger partial charge in [-0.25, -0.2) is 12.8 Å². The van der Waals surface area contributed by atoms with Gasteiger partial charge < -0.3 is 4.90 Å². The number of rotatable bonds is 7. The summed E-state index contributed by atoms with van der Waals surface area (Å²) < 4.78 is 41.4. The molecule has 1 aliphatic heterocycles. The highest BCUT2D eigenvalue weighted by molar-refractivity contribution is 7.92. The van der Waals surface area contributed by atoms with Gasteiger partial charge in [-0.05, 0) is 74.1 Å². The number of sulfonamides is 1. The lowest BCUT2D eigenvalue weighted by Gasteiger charge is -2.34. The van der Waals surface area contributed by atoms with E-state index in [9.17, 15) is 17.6 Å². The van der Waals surface area contributed by atoms with Crippen molar-refractivity contribution in [3.63, 3.8) is 0 Å². The smallest absolute Gasteiger partial charge is 0.264 e. The first-order valence-corrected chi connectivity index (χ1v) is 12.9. The molecule has 1 saturated heterocycles. The molecular formula is C27H29FN2O3S. The average molecular weight is 481 g/mol. The highest BCUT2D eigenvalue weighted by Gasteiger charge is 2.30. The zero-order valence-corrected chi connectivity index (χ0v) is 20.0. The zero-order valence-electron chi connectivity index (χ0n) is 19.2. The minimum absolute atomic E-state index is 0.0520. The van der Waals surface area contributed by atoms with Gasteiger partial charge in [-0.15, -0.1) is 0 Å². The number of carbonyl (C=O) groups excluding carboxylic acids is 1. The van der Waals surface area contributed by atoms with Crippen LogP contribution in [0.4, 0.5) is 10.1 Å². The first-order chi connectivity index (χ1) is 16.3. The van der Waals surface area contributed by atoms with Crippen LogP contribution in [0.25, 0.3) is 0 Å². The molecule has 3 aromatic rings. The molecule has 3 aromatic carbocycles. The van der Waals surface area contributed by atoms with E-state index in [-0.39, 0.29) is 17.3 Å². The molecule has 4 rings (SSSR count). The largest absolute Gasteiger partial charge is 0.341 e. The first-order valence-electron chi connectivity index (χ1n) is 11.5. The van der Waals surface area contributed by atoms with Crippen molar-refractivity contribution in [3.05, 3.63) is 95.8 Å². The number of benzene rings is 3. The van der Waals surface area contributed by atoms with Gasteiger partial charge in [0.15, 0.2) is 0 Å². The summed E-state index contributed by atoms with van der Waals surface area (Å²) in [6, 6.07) is 22.0. The van der Waals surface area contributed by atoms with Crippen molar-refractivity contribution in [2.75, 3.05) is 23.9 Å². The van der Waals surface area contributed by atoms with Gasteiger partial charge in [0.25, 0.3) is 10.0 Å². The molecule has 0 saturated carbocycles. The lowest BCUT2D eigenvalue weighted by atomic mass is 9.90. The van der Waals surface area contributed by atoms with Gasteiger partial charge in [0.2, 0.25) is 5.91 Å². The third-order valence-corrected chi connectivity index (χ3v) is 8.12. The van der Waals surface area contributed by atoms with E-state index >= 15 is 0 Å². The Kier molecular flexibility index (Phi) is 7.32. The molecule has 5 nitrogen and oxygen atoms in total. The Morgan fingerprint density at radius 1 is 0.941 bits per heavy atom. The van der Waals surface area contributed by atoms with Crippen LogP contribution in [0.5, 0.6) is 0 Å². The van der Waals surface area contributed by atoms with Gasteiger partial charge in [-0.3, -0.25) is 9.10 Å². The number of anilines is 1. The summed E-state index contributed by atoms with van der Waals surface area (Å²) in [4.78, 5) is 14.9. The number of hydrogen-bond acceptors (Lipinski definition) is 3. The molecule has 1 amide bonds. The van der Waals surface area contributed by atoms with Crippen LogP contribution in [0.1, 0.15) is 24.0 Å². The average Bonchev–Trinajstić information content (AvgIpc) is 2.84. The molecular weight excluding hydrogens is 451 g/mol. The fraction of sp³-hybridized carbons (Fsp3) is 0.296. The van der Waals surface area contributed by atoms with Gasteiger partial charge in [-0.2, -0.15) is 0 Å². The summed E-state index contributed by atoms with van der Waals surface area (Å²) in [5.41, 5.74) is 2.68. The van der Waals surface area contributed by atoms with Gasteiger partial charge in [0.05, 0.1) is 10.6 Å². The number of carbonyl (C=O) groups is 1. The van der Waals surface area contributed by atoms with Crippen LogP contribution in [0.3, 0.4) is 0 Å². The molecule has 34 heavy (non-hydrogen) atoms. The first kappa shape index (κ1) is 24.0. The van der Waals surface area contributed by atoms with Crippen LogP contribution < -0.4 is 4.31 Å². The molecule has 0 spiro atoms. The van der Waals surface area contributed by atoms with E-state index in [0.29, 0.717) is 24.7 Å². The van der Waals surface area contributed by atoms with Crippen LogP contribution in [0.15, 0.2) is 83.8 Å². The van der Waals surface area contributed by atoms with Gasteiger partial charge >= 0.3 is 0 Å². The maximum atomic E-state index is 13.4. The standard InChI is InChI=1S/C27H29FN2O3S/c1-21-7-11-25(12-8-21)30(34(32,33)26-13-9-24(28)10-14-26)20-27(31)29-17-15-23(16-18-29)19-22-5-3-2-4-6-22/h2-14,23H,15-20H2,1H3. The number of likely N-dealkylation sites (tertiary alicyclic amines) is 1. The summed E-state index contributed by atoms with van der Waals surface area (Å²) in [7, 11) is -4.05. The number of hydrogen-bond donors (Lipinski definition) is 0. The van der Waals surface area contributed by atoms with E-state index < -0.39 is 15.8 Å². The van der Waals surface area contributed by atoms with E-state index in [0.717, 1.165) is 41.3 Å². The third kappa shape index (κ3) is 5.65. The second kappa shape index (κ2) is 10.4. The molecule has 0 N–H and O–H groups in total. The molecule has 7 heteroatoms. The summed E-state index contributed by atoms with van der Waals surface area (Å²) in [6.07, 6.45) is 2.75. The summed E-state index contributed by atoms with van der Waals surface area (Å²) in [6.45, 7) is 2.82. The number of piperidine rings is 1. The highest BCUT2D eigenvalue weighted by Crippen LogP contribution is 2.26. The van der Waals surface area contributed by atoms with Crippen LogP contribution in [0, 0.1) is 18.7 Å². The quantitative estimate of drug-likeness (QED) is 0.488. The predicted molar refractivity (Wildman–Crippen MR) is 132 cm³/mol.